The molecule has 15 heteroatoms. The van der Waals surface area contributed by atoms with E-state index in [1.165, 1.54) is 19.0 Å². The van der Waals surface area contributed by atoms with E-state index in [0.717, 1.165) is 42.7 Å². The van der Waals surface area contributed by atoms with Crippen molar-refractivity contribution in [3.63, 3.8) is 0 Å². The number of carbonyl (C=O) groups excluding carboxylic acids is 3. The van der Waals surface area contributed by atoms with Crippen molar-refractivity contribution in [2.24, 2.45) is 17.3 Å². The monoisotopic (exact) mass is 723 g/mol. The third-order valence-corrected chi connectivity index (χ3v) is 9.75. The minimum Gasteiger partial charge on any atom is -0.501 e. The maximum absolute atomic E-state index is 13.9. The van der Waals surface area contributed by atoms with Crippen LogP contribution in [0.2, 0.25) is 0 Å². The summed E-state index contributed by atoms with van der Waals surface area (Å²) in [7, 11) is 2.94. The van der Waals surface area contributed by atoms with Gasteiger partial charge in [-0.25, -0.2) is 24.3 Å². The molecule has 3 aliphatic rings. The summed E-state index contributed by atoms with van der Waals surface area (Å²) < 4.78 is 29.2. The zero-order chi connectivity index (χ0) is 37.3. The Morgan fingerprint density at radius 3 is 2.54 bits per heavy atom. The first kappa shape index (κ1) is 38.8. The number of hydrogen-bond donors (Lipinski definition) is 3. The number of nitrogens with one attached hydrogen (secondary N) is 3. The van der Waals surface area contributed by atoms with Crippen molar-refractivity contribution in [1.82, 2.24) is 35.8 Å². The maximum atomic E-state index is 13.9. The van der Waals surface area contributed by atoms with Crippen molar-refractivity contribution in [1.29, 1.82) is 0 Å². The summed E-state index contributed by atoms with van der Waals surface area (Å²) >= 11 is 0. The molecule has 2 fully saturated rings. The van der Waals surface area contributed by atoms with Gasteiger partial charge in [0, 0.05) is 25.6 Å². The molecule has 0 radical (unpaired) electrons. The summed E-state index contributed by atoms with van der Waals surface area (Å²) in [6.07, 6.45) is 9.18. The highest BCUT2D eigenvalue weighted by molar-refractivity contribution is 5.86. The number of allylic oxidation sites excluding steroid dienone is 3. The van der Waals surface area contributed by atoms with Crippen LogP contribution in [0.25, 0.3) is 5.69 Å². The largest absolute Gasteiger partial charge is 0.501 e. The van der Waals surface area contributed by atoms with Gasteiger partial charge in [0.2, 0.25) is 0 Å². The number of ether oxygens (including phenoxy) is 5. The molecule has 1 aromatic carbocycles. The lowest BCUT2D eigenvalue weighted by Gasteiger charge is -2.35. The second-order valence-electron chi connectivity index (χ2n) is 14.7. The molecular weight excluding hydrogens is 670 g/mol. The molecule has 6 atom stereocenters. The molecule has 0 saturated carbocycles. The van der Waals surface area contributed by atoms with Gasteiger partial charge >= 0.3 is 12.2 Å². The van der Waals surface area contributed by atoms with E-state index in [1.54, 1.807) is 18.1 Å². The molecule has 5 rings (SSSR count). The molecule has 3 amide bonds. The van der Waals surface area contributed by atoms with Gasteiger partial charge in [0.1, 0.15) is 24.8 Å². The molecule has 1 aliphatic carbocycles. The number of hydrazine groups is 1. The number of rotatable bonds is 14. The van der Waals surface area contributed by atoms with Gasteiger partial charge in [0.15, 0.2) is 6.29 Å². The number of benzene rings is 1. The van der Waals surface area contributed by atoms with Crippen LogP contribution in [-0.2, 0) is 35.0 Å². The molecular formula is C37H53N7O8. The van der Waals surface area contributed by atoms with Crippen LogP contribution in [-0.4, -0.2) is 96.3 Å². The lowest BCUT2D eigenvalue weighted by molar-refractivity contribution is -0.131. The zero-order valence-electron chi connectivity index (χ0n) is 31.0. The van der Waals surface area contributed by atoms with E-state index in [2.05, 4.69) is 32.2 Å². The van der Waals surface area contributed by atoms with E-state index in [0.29, 0.717) is 32.7 Å². The van der Waals surface area contributed by atoms with Crippen LogP contribution in [0.15, 0.2) is 60.4 Å². The Labute approximate surface area is 305 Å². The normalized spacial score (nSPS) is 21.9. The third kappa shape index (κ3) is 10.5. The van der Waals surface area contributed by atoms with Crippen LogP contribution in [0.5, 0.6) is 0 Å². The number of nitrogens with zero attached hydrogens (tertiary/aromatic N) is 4. The van der Waals surface area contributed by atoms with Crippen LogP contribution in [0.3, 0.4) is 0 Å². The van der Waals surface area contributed by atoms with Gasteiger partial charge in [-0.3, -0.25) is 10.2 Å². The fourth-order valence-electron chi connectivity index (χ4n) is 6.77. The molecule has 2 aliphatic heterocycles. The fraction of sp³-hybridized carbons (Fsp3) is 0.595. The molecule has 52 heavy (non-hydrogen) atoms. The zero-order valence-corrected chi connectivity index (χ0v) is 31.0. The number of aromatic nitrogens is 3. The number of hydrogen-bond acceptors (Lipinski definition) is 11. The first-order chi connectivity index (χ1) is 24.9. The SMILES string of the molecule is COC(=O)NC(C(=O)NN(Cc1ccc(-n2cncn2)cc1)CC(C)C(CC1=CC=C(OC)CCC1)NC(=O)OC1COC2OCCC12)C(C)(C)C. The Bertz CT molecular complexity index is 1560. The van der Waals surface area contributed by atoms with Crippen LogP contribution < -0.4 is 16.1 Å². The topological polar surface area (TPSA) is 167 Å². The van der Waals surface area contributed by atoms with Crippen LogP contribution in [0.1, 0.15) is 65.4 Å². The third-order valence-electron chi connectivity index (χ3n) is 9.75. The average molecular weight is 724 g/mol. The van der Waals surface area contributed by atoms with Crippen molar-refractivity contribution in [3.8, 4) is 5.69 Å². The highest BCUT2D eigenvalue weighted by Gasteiger charge is 2.44. The van der Waals surface area contributed by atoms with E-state index in [4.69, 9.17) is 23.7 Å². The standard InChI is InChI=1S/C37H53N7O8/c1-24(30(18-25-8-7-9-28(48-5)15-12-25)40-36(47)52-31-21-51-34-29(31)16-17-50-34)19-43(42-33(45)32(37(2,3)4)41-35(46)49-6)20-26-10-13-27(14-11-26)44-23-38-22-39-44/h10-15,22-24,29-32,34H,7-9,16-21H2,1-6H3,(H,40,47)(H,41,46)(H,42,45). The molecule has 6 unspecified atom stereocenters. The number of amides is 3. The molecule has 3 heterocycles. The van der Waals surface area contributed by atoms with Gasteiger partial charge in [-0.2, -0.15) is 5.10 Å². The molecule has 3 N–H and O–H groups in total. The fourth-order valence-corrected chi connectivity index (χ4v) is 6.77. The number of fused-ring (bicyclic) bond motifs is 1. The predicted octanol–water partition coefficient (Wildman–Crippen LogP) is 4.39. The molecule has 15 nitrogen and oxygen atoms in total. The quantitative estimate of drug-likeness (QED) is 0.237. The number of methoxy groups -OCH3 is 2. The first-order valence-corrected chi connectivity index (χ1v) is 17.9. The maximum Gasteiger partial charge on any atom is 0.407 e. The van der Waals surface area contributed by atoms with Crippen molar-refractivity contribution < 1.29 is 38.1 Å². The summed E-state index contributed by atoms with van der Waals surface area (Å²) in [5.74, 6) is 0.354. The van der Waals surface area contributed by atoms with Crippen LogP contribution in [0.4, 0.5) is 9.59 Å². The lowest BCUT2D eigenvalue weighted by Crippen LogP contribution is -2.58. The van der Waals surface area contributed by atoms with E-state index in [9.17, 15) is 14.4 Å². The summed E-state index contributed by atoms with van der Waals surface area (Å²) in [5, 5.41) is 11.9. The van der Waals surface area contributed by atoms with Gasteiger partial charge in [-0.05, 0) is 60.8 Å². The summed E-state index contributed by atoms with van der Waals surface area (Å²) in [6, 6.07) is 6.53. The molecule has 284 valence electrons. The average Bonchev–Trinajstić information content (AvgIpc) is 3.86. The summed E-state index contributed by atoms with van der Waals surface area (Å²) in [6.45, 7) is 9.22. The van der Waals surface area contributed by atoms with E-state index in [-0.39, 0.29) is 30.3 Å². The van der Waals surface area contributed by atoms with Crippen molar-refractivity contribution in [2.75, 3.05) is 34.0 Å². The smallest absolute Gasteiger partial charge is 0.407 e. The second kappa shape index (κ2) is 17.8. The highest BCUT2D eigenvalue weighted by atomic mass is 16.7. The van der Waals surface area contributed by atoms with E-state index in [1.807, 2.05) is 63.0 Å². The molecule has 2 saturated heterocycles. The Morgan fingerprint density at radius 2 is 1.85 bits per heavy atom. The van der Waals surface area contributed by atoms with E-state index >= 15 is 0 Å². The Kier molecular flexibility index (Phi) is 13.3. The number of carbonyl (C=O) groups is 3. The predicted molar refractivity (Wildman–Crippen MR) is 190 cm³/mol. The highest BCUT2D eigenvalue weighted by Crippen LogP contribution is 2.33. The molecule has 0 bridgehead atoms. The van der Waals surface area contributed by atoms with Crippen molar-refractivity contribution in [3.05, 3.63) is 66.0 Å². The minimum absolute atomic E-state index is 0.0137. The summed E-state index contributed by atoms with van der Waals surface area (Å²) in [4.78, 5) is 43.7. The van der Waals surface area contributed by atoms with Gasteiger partial charge < -0.3 is 34.3 Å². The molecule has 1 aromatic heterocycles. The van der Waals surface area contributed by atoms with Gasteiger partial charge in [0.25, 0.3) is 5.91 Å². The van der Waals surface area contributed by atoms with Crippen molar-refractivity contribution >= 4 is 18.1 Å². The summed E-state index contributed by atoms with van der Waals surface area (Å²) in [5.41, 5.74) is 5.38. The van der Waals surface area contributed by atoms with Gasteiger partial charge in [0.05, 0.1) is 44.8 Å². The Balaban J connectivity index is 1.37. The second-order valence-corrected chi connectivity index (χ2v) is 14.7. The van der Waals surface area contributed by atoms with Gasteiger partial charge in [-0.1, -0.05) is 51.5 Å². The first-order valence-electron chi connectivity index (χ1n) is 17.9. The van der Waals surface area contributed by atoms with Gasteiger partial charge in [-0.15, -0.1) is 0 Å². The van der Waals surface area contributed by atoms with Crippen LogP contribution >= 0.6 is 0 Å². The van der Waals surface area contributed by atoms with Crippen molar-refractivity contribution in [2.45, 2.75) is 90.8 Å². The number of alkyl carbamates (subject to hydrolysis) is 2. The van der Waals surface area contributed by atoms with Crippen LogP contribution in [0, 0.1) is 17.3 Å². The molecule has 0 spiro atoms. The minimum atomic E-state index is -0.897. The Hall–Kier alpha value is -4.47. The van der Waals surface area contributed by atoms with E-state index < -0.39 is 29.6 Å². The Morgan fingerprint density at radius 1 is 1.06 bits per heavy atom. The lowest BCUT2D eigenvalue weighted by atomic mass is 9.86. The molecule has 2 aromatic rings.